The van der Waals surface area contributed by atoms with Gasteiger partial charge in [0, 0.05) is 0 Å². The molecule has 0 fully saturated rings. The summed E-state index contributed by atoms with van der Waals surface area (Å²) in [6, 6.07) is 6.00. The molecular weight excluding hydrogens is 206 g/mol. The quantitative estimate of drug-likeness (QED) is 0.571. The molecule has 0 heterocycles. The molecule has 1 rings (SSSR count). The van der Waals surface area contributed by atoms with E-state index in [9.17, 15) is 5.11 Å². The number of phenolic OH excluding ortho intramolecular Hbond substituents is 1. The fraction of sp³-hybridized carbons (Fsp3) is 0.500. The van der Waals surface area contributed by atoms with Crippen molar-refractivity contribution >= 4 is 0 Å². The third kappa shape index (κ3) is 4.80. The van der Waals surface area contributed by atoms with E-state index in [1.54, 1.807) is 0 Å². The Morgan fingerprint density at radius 2 is 1.27 bits per heavy atom. The molecule has 0 unspecified atom stereocenters. The van der Waals surface area contributed by atoms with E-state index >= 15 is 0 Å². The third-order valence-electron chi connectivity index (χ3n) is 2.34. The first kappa shape index (κ1) is 18.4. The zero-order chi connectivity index (χ0) is 10.0. The molecule has 1 nitrogen and oxygen atoms in total. The van der Waals surface area contributed by atoms with Gasteiger partial charge in [-0.15, -0.1) is 0 Å². The number of hydrogen-bond acceptors (Lipinski definition) is 1. The molecule has 0 spiro atoms. The second-order valence-electron chi connectivity index (χ2n) is 4.09. The molecule has 0 aromatic heterocycles. The maximum atomic E-state index is 9.93. The summed E-state index contributed by atoms with van der Waals surface area (Å²) >= 11 is 0. The van der Waals surface area contributed by atoms with Crippen LogP contribution < -0.4 is 59.1 Å². The van der Waals surface area contributed by atoms with Crippen molar-refractivity contribution < 1.29 is 67.1 Å². The molecule has 0 radical (unpaired) electrons. The van der Waals surface area contributed by atoms with E-state index in [1.165, 1.54) is 0 Å². The Labute approximate surface area is 140 Å². The van der Waals surface area contributed by atoms with Crippen molar-refractivity contribution in [3.05, 3.63) is 29.3 Å². The molecule has 0 aliphatic carbocycles. The predicted octanol–water partition coefficient (Wildman–Crippen LogP) is -2.13. The van der Waals surface area contributed by atoms with Gasteiger partial charge in [0.25, 0.3) is 0 Å². The van der Waals surface area contributed by atoms with E-state index in [0.29, 0.717) is 17.6 Å². The van der Waals surface area contributed by atoms with E-state index in [4.69, 9.17) is 0 Å². The van der Waals surface area contributed by atoms with Crippen LogP contribution in [-0.2, 0) is 0 Å². The molecule has 0 bridgehead atoms. The van der Waals surface area contributed by atoms with E-state index in [1.807, 2.05) is 18.2 Å². The van der Waals surface area contributed by atoms with Gasteiger partial charge in [-0.25, -0.2) is 0 Å². The Balaban J connectivity index is -0.000000211. The monoisotopic (exact) mass is 226 g/mol. The van der Waals surface area contributed by atoms with Crippen LogP contribution in [0.5, 0.6) is 5.75 Å². The molecule has 3 heteroatoms. The molecule has 0 aliphatic heterocycles. The molecule has 0 saturated heterocycles. The van der Waals surface area contributed by atoms with Crippen molar-refractivity contribution in [2.45, 2.75) is 39.5 Å². The summed E-state index contributed by atoms with van der Waals surface area (Å²) in [6.45, 7) is 8.39. The van der Waals surface area contributed by atoms with Crippen LogP contribution in [0.2, 0.25) is 0 Å². The normalized spacial score (nSPS) is 9.73. The van der Waals surface area contributed by atoms with Crippen molar-refractivity contribution in [3.8, 4) is 5.75 Å². The van der Waals surface area contributed by atoms with Crippen molar-refractivity contribution in [1.29, 1.82) is 0 Å². The van der Waals surface area contributed by atoms with Crippen molar-refractivity contribution in [2.75, 3.05) is 0 Å². The van der Waals surface area contributed by atoms with Crippen LogP contribution in [-0.4, -0.2) is 5.11 Å². The number of rotatable bonds is 2. The van der Waals surface area contributed by atoms with Gasteiger partial charge < -0.3 is 7.96 Å². The second kappa shape index (κ2) is 8.16. The van der Waals surface area contributed by atoms with Crippen LogP contribution in [0.1, 0.15) is 53.5 Å². The fourth-order valence-electron chi connectivity index (χ4n) is 1.51. The van der Waals surface area contributed by atoms with Crippen molar-refractivity contribution in [3.63, 3.8) is 0 Å². The van der Waals surface area contributed by atoms with Crippen LogP contribution in [0.4, 0.5) is 0 Å². The average Bonchev–Trinajstić information content (AvgIpc) is 2.03. The second-order valence-corrected chi connectivity index (χ2v) is 4.09. The summed E-state index contributed by atoms with van der Waals surface area (Å²) in [5, 5.41) is 9.93. The van der Waals surface area contributed by atoms with Crippen molar-refractivity contribution in [2.24, 2.45) is 0 Å². The van der Waals surface area contributed by atoms with Crippen LogP contribution in [0.3, 0.4) is 0 Å². The van der Waals surface area contributed by atoms with Crippen LogP contribution in [0.15, 0.2) is 18.2 Å². The van der Waals surface area contributed by atoms with Crippen LogP contribution in [0.25, 0.3) is 0 Å². The Bertz CT molecular complexity index is 278. The number of phenols is 1. The minimum atomic E-state index is 0. The summed E-state index contributed by atoms with van der Waals surface area (Å²) in [5.74, 6) is 1.25. The van der Waals surface area contributed by atoms with Gasteiger partial charge >= 0.3 is 59.1 Å². The topological polar surface area (TPSA) is 20.2 Å². The SMILES string of the molecule is CC(C)c1cccc(C(C)C)c1O.[H-].[H-].[Na+].[Na+]. The Hall–Kier alpha value is 1.02. The Morgan fingerprint density at radius 1 is 0.933 bits per heavy atom. The van der Waals surface area contributed by atoms with Gasteiger partial charge in [0.15, 0.2) is 0 Å². The van der Waals surface area contributed by atoms with Crippen LogP contribution in [0, 0.1) is 0 Å². The minimum absolute atomic E-state index is 0. The van der Waals surface area contributed by atoms with Crippen molar-refractivity contribution in [1.82, 2.24) is 0 Å². The van der Waals surface area contributed by atoms with Crippen LogP contribution >= 0.6 is 0 Å². The maximum absolute atomic E-state index is 9.93. The van der Waals surface area contributed by atoms with Gasteiger partial charge in [0.2, 0.25) is 0 Å². The number of aromatic hydroxyl groups is 1. The van der Waals surface area contributed by atoms with E-state index in [2.05, 4.69) is 27.7 Å². The van der Waals surface area contributed by atoms with Gasteiger partial charge in [0.05, 0.1) is 0 Å². The standard InChI is InChI=1S/C12H18O.2Na.2H/c1-8(2)10-6-5-7-11(9(3)4)12(10)13;;;;/h5-9,13H,1-4H3;;;;/q;2*+1;2*-1. The first-order chi connectivity index (χ1) is 6.04. The minimum Gasteiger partial charge on any atom is -1.00 e. The Kier molecular flexibility index (Phi) is 10.0. The predicted molar refractivity (Wildman–Crippen MR) is 58.5 cm³/mol. The smallest absolute Gasteiger partial charge is 1.00 e. The molecule has 0 saturated carbocycles. The number of para-hydroxylation sites is 1. The summed E-state index contributed by atoms with van der Waals surface area (Å²) < 4.78 is 0. The number of hydrogen-bond donors (Lipinski definition) is 1. The molecule has 0 amide bonds. The van der Waals surface area contributed by atoms with E-state index < -0.39 is 0 Å². The number of benzene rings is 1. The summed E-state index contributed by atoms with van der Waals surface area (Å²) in [4.78, 5) is 0. The largest absolute Gasteiger partial charge is 1.00 e. The molecule has 1 N–H and O–H groups in total. The molecular formula is C12H20Na2O. The summed E-state index contributed by atoms with van der Waals surface area (Å²) in [6.07, 6.45) is 0. The molecule has 1 aromatic rings. The van der Waals surface area contributed by atoms with E-state index in [-0.39, 0.29) is 62.0 Å². The molecule has 15 heavy (non-hydrogen) atoms. The first-order valence-electron chi connectivity index (χ1n) is 4.85. The van der Waals surface area contributed by atoms with Gasteiger partial charge in [-0.2, -0.15) is 0 Å². The van der Waals surface area contributed by atoms with E-state index in [0.717, 1.165) is 11.1 Å². The molecule has 0 atom stereocenters. The van der Waals surface area contributed by atoms with Gasteiger partial charge in [-0.05, 0) is 23.0 Å². The molecule has 0 aliphatic rings. The summed E-state index contributed by atoms with van der Waals surface area (Å²) in [5.41, 5.74) is 2.09. The third-order valence-corrected chi connectivity index (χ3v) is 2.34. The molecule has 1 aromatic carbocycles. The summed E-state index contributed by atoms with van der Waals surface area (Å²) in [7, 11) is 0. The van der Waals surface area contributed by atoms with Gasteiger partial charge in [-0.1, -0.05) is 45.9 Å². The zero-order valence-electron chi connectivity index (χ0n) is 12.8. The first-order valence-corrected chi connectivity index (χ1v) is 4.85. The zero-order valence-corrected chi connectivity index (χ0v) is 14.8. The maximum Gasteiger partial charge on any atom is 1.00 e. The van der Waals surface area contributed by atoms with Gasteiger partial charge in [-0.3, -0.25) is 0 Å². The average molecular weight is 226 g/mol. The fourth-order valence-corrected chi connectivity index (χ4v) is 1.51. The Morgan fingerprint density at radius 3 is 1.53 bits per heavy atom. The molecule has 76 valence electrons. The van der Waals surface area contributed by atoms with Gasteiger partial charge in [0.1, 0.15) is 5.75 Å².